The molecule has 12 heteroatoms. The summed E-state index contributed by atoms with van der Waals surface area (Å²) in [5.74, 6) is 0.761. The molecule has 1 aromatic carbocycles. The number of aliphatic hydroxyl groups is 1. The molecule has 0 unspecified atom stereocenters. The zero-order valence-corrected chi connectivity index (χ0v) is 18.6. The number of nitriles is 1. The van der Waals surface area contributed by atoms with Crippen molar-refractivity contribution >= 4 is 46.6 Å². The van der Waals surface area contributed by atoms with Gasteiger partial charge in [0.1, 0.15) is 29.6 Å². The van der Waals surface area contributed by atoms with Crippen LogP contribution in [0.1, 0.15) is 11.1 Å². The van der Waals surface area contributed by atoms with Crippen LogP contribution in [-0.2, 0) is 4.74 Å². The number of hydrogen-bond acceptors (Lipinski definition) is 10. The smallest absolute Gasteiger partial charge is 0.149 e. The summed E-state index contributed by atoms with van der Waals surface area (Å²) in [5, 5.41) is 32.2. The molecule has 1 atom stereocenters. The highest BCUT2D eigenvalue weighted by Gasteiger charge is 2.24. The lowest BCUT2D eigenvalue weighted by atomic mass is 10.2. The van der Waals surface area contributed by atoms with Gasteiger partial charge >= 0.3 is 0 Å². The molecule has 2 aromatic heterocycles. The molecule has 0 saturated carbocycles. The molecule has 0 radical (unpaired) electrons. The average Bonchev–Trinajstić information content (AvgIpc) is 2.86. The molecule has 10 nitrogen and oxygen atoms in total. The van der Waals surface area contributed by atoms with Crippen LogP contribution in [0, 0.1) is 22.6 Å². The van der Waals surface area contributed by atoms with Gasteiger partial charge in [0.25, 0.3) is 0 Å². The zero-order chi connectivity index (χ0) is 24.1. The number of nitrogens with zero attached hydrogens (tertiary/aromatic N) is 5. The van der Waals surface area contributed by atoms with Crippen molar-refractivity contribution in [3.05, 3.63) is 58.8 Å². The summed E-state index contributed by atoms with van der Waals surface area (Å²) in [6.07, 6.45) is 3.92. The van der Waals surface area contributed by atoms with Crippen molar-refractivity contribution in [2.24, 2.45) is 0 Å². The van der Waals surface area contributed by atoms with Crippen LogP contribution in [0.5, 0.6) is 0 Å². The van der Waals surface area contributed by atoms with Crippen molar-refractivity contribution in [1.82, 2.24) is 15.0 Å². The second-order valence-electron chi connectivity index (χ2n) is 7.34. The number of anilines is 5. The van der Waals surface area contributed by atoms with Gasteiger partial charge < -0.3 is 30.8 Å². The lowest BCUT2D eigenvalue weighted by Crippen LogP contribution is -2.48. The molecule has 4 rings (SSSR count). The molecule has 1 aliphatic heterocycles. The summed E-state index contributed by atoms with van der Waals surface area (Å²) in [4.78, 5) is 14.8. The van der Waals surface area contributed by atoms with E-state index in [2.05, 4.69) is 25.6 Å². The van der Waals surface area contributed by atoms with E-state index in [9.17, 15) is 9.50 Å². The number of morpholine rings is 1. The molecule has 0 amide bonds. The van der Waals surface area contributed by atoms with E-state index in [1.54, 1.807) is 12.1 Å². The number of halogens is 2. The van der Waals surface area contributed by atoms with Crippen molar-refractivity contribution in [2.75, 3.05) is 41.9 Å². The molecule has 4 N–H and O–H groups in total. The fourth-order valence-electron chi connectivity index (χ4n) is 3.46. The van der Waals surface area contributed by atoms with Gasteiger partial charge in [-0.15, -0.1) is 0 Å². The molecule has 174 valence electrons. The quantitative estimate of drug-likeness (QED) is 0.373. The van der Waals surface area contributed by atoms with E-state index >= 15 is 0 Å². The molecule has 1 saturated heterocycles. The first-order chi connectivity index (χ1) is 16.5. The van der Waals surface area contributed by atoms with Crippen molar-refractivity contribution in [3.63, 3.8) is 0 Å². The monoisotopic (exact) mass is 482 g/mol. The van der Waals surface area contributed by atoms with Gasteiger partial charge in [0.2, 0.25) is 0 Å². The summed E-state index contributed by atoms with van der Waals surface area (Å²) < 4.78 is 19.9. The van der Waals surface area contributed by atoms with Crippen LogP contribution in [-0.4, -0.2) is 58.7 Å². The van der Waals surface area contributed by atoms with Crippen LogP contribution in [0.4, 0.5) is 33.2 Å². The van der Waals surface area contributed by atoms with E-state index < -0.39 is 5.82 Å². The third-order valence-corrected chi connectivity index (χ3v) is 5.46. The summed E-state index contributed by atoms with van der Waals surface area (Å²) in [6.45, 7) is 1.45. The number of nitrogens with one attached hydrogen (secondary N) is 3. The molecular formula is C22H20ClFN8O2. The third-order valence-electron chi connectivity index (χ3n) is 5.16. The van der Waals surface area contributed by atoms with Crippen LogP contribution in [0.2, 0.25) is 5.02 Å². The normalized spacial score (nSPS) is 15.5. The highest BCUT2D eigenvalue weighted by molar-refractivity contribution is 6.33. The summed E-state index contributed by atoms with van der Waals surface area (Å²) in [5.41, 5.74) is 0.849. The minimum absolute atomic E-state index is 0.0207. The van der Waals surface area contributed by atoms with Gasteiger partial charge in [0.05, 0.1) is 53.9 Å². The summed E-state index contributed by atoms with van der Waals surface area (Å²) in [7, 11) is 0. The van der Waals surface area contributed by atoms with Gasteiger partial charge in [-0.05, 0) is 12.1 Å². The maximum atomic E-state index is 14.5. The van der Waals surface area contributed by atoms with E-state index in [-0.39, 0.29) is 28.9 Å². The van der Waals surface area contributed by atoms with Crippen LogP contribution in [0.15, 0.2) is 36.8 Å². The zero-order valence-electron chi connectivity index (χ0n) is 17.8. The Labute approximate surface area is 199 Å². The van der Waals surface area contributed by atoms with E-state index in [4.69, 9.17) is 27.0 Å². The molecule has 0 aliphatic carbocycles. The van der Waals surface area contributed by atoms with Crippen molar-refractivity contribution in [2.45, 2.75) is 6.04 Å². The number of pyridine rings is 1. The standard InChI is InChI=1S/C22H20ClFN8O2/c23-16-3-13(7-25)4-17(24)22(16)30-18-5-19(27-9-14(18)8-26)31-20-6-21(29-12-28-20)32-1-2-34-11-15(32)10-33/h3-6,8-9,12,15,26,33H,1-2,10-11H2,(H2,27,28,29,30,31)/t15-/m0/s1. The maximum Gasteiger partial charge on any atom is 0.149 e. The number of rotatable bonds is 7. The van der Waals surface area contributed by atoms with Gasteiger partial charge in [0.15, 0.2) is 0 Å². The molecule has 1 fully saturated rings. The Hall–Kier alpha value is -3.85. The maximum absolute atomic E-state index is 14.5. The van der Waals surface area contributed by atoms with Gasteiger partial charge in [-0.1, -0.05) is 11.6 Å². The summed E-state index contributed by atoms with van der Waals surface area (Å²) in [6, 6.07) is 7.38. The Morgan fingerprint density at radius 2 is 2.09 bits per heavy atom. The number of ether oxygens (including phenoxy) is 1. The first kappa shape index (κ1) is 23.3. The Balaban J connectivity index is 1.60. The van der Waals surface area contributed by atoms with Crippen LogP contribution in [0.25, 0.3) is 0 Å². The minimum atomic E-state index is -0.698. The Morgan fingerprint density at radius 1 is 1.26 bits per heavy atom. The third kappa shape index (κ3) is 5.04. The van der Waals surface area contributed by atoms with Crippen molar-refractivity contribution < 1.29 is 14.2 Å². The topological polar surface area (TPSA) is 143 Å². The highest BCUT2D eigenvalue weighted by Crippen LogP contribution is 2.32. The van der Waals surface area contributed by atoms with Crippen LogP contribution in [0.3, 0.4) is 0 Å². The molecule has 1 aliphatic rings. The number of aromatic nitrogens is 3. The minimum Gasteiger partial charge on any atom is -0.394 e. The second-order valence-corrected chi connectivity index (χ2v) is 7.75. The van der Waals surface area contributed by atoms with Gasteiger partial charge in [0, 0.05) is 36.7 Å². The first-order valence-electron chi connectivity index (χ1n) is 10.2. The molecule has 34 heavy (non-hydrogen) atoms. The molecule has 3 aromatic rings. The number of hydrogen-bond donors (Lipinski definition) is 4. The van der Waals surface area contributed by atoms with Crippen molar-refractivity contribution in [3.8, 4) is 6.07 Å². The predicted molar refractivity (Wildman–Crippen MR) is 126 cm³/mol. The lowest BCUT2D eigenvalue weighted by molar-refractivity contribution is 0.0723. The fraction of sp³-hybridized carbons (Fsp3) is 0.227. The van der Waals surface area contributed by atoms with Crippen LogP contribution < -0.4 is 15.5 Å². The highest BCUT2D eigenvalue weighted by atomic mass is 35.5. The van der Waals surface area contributed by atoms with Gasteiger partial charge in [-0.25, -0.2) is 19.3 Å². The Kier molecular flexibility index (Phi) is 7.12. The number of aliphatic hydroxyl groups excluding tert-OH is 1. The van der Waals surface area contributed by atoms with Gasteiger partial charge in [-0.3, -0.25) is 0 Å². The lowest BCUT2D eigenvalue weighted by Gasteiger charge is -2.35. The van der Waals surface area contributed by atoms with Crippen molar-refractivity contribution in [1.29, 1.82) is 10.7 Å². The molecule has 0 spiro atoms. The Morgan fingerprint density at radius 3 is 2.82 bits per heavy atom. The summed E-state index contributed by atoms with van der Waals surface area (Å²) >= 11 is 6.15. The average molecular weight is 483 g/mol. The second kappa shape index (κ2) is 10.4. The Bertz CT molecular complexity index is 1230. The van der Waals surface area contributed by atoms with E-state index in [0.717, 1.165) is 12.3 Å². The van der Waals surface area contributed by atoms with E-state index in [1.165, 1.54) is 18.6 Å². The molecule has 0 bridgehead atoms. The number of benzene rings is 1. The predicted octanol–water partition coefficient (Wildman–Crippen LogP) is 3.22. The van der Waals surface area contributed by atoms with Gasteiger partial charge in [-0.2, -0.15) is 5.26 Å². The fourth-order valence-corrected chi connectivity index (χ4v) is 3.72. The first-order valence-corrected chi connectivity index (χ1v) is 10.6. The van der Waals surface area contributed by atoms with E-state index in [0.29, 0.717) is 48.5 Å². The van der Waals surface area contributed by atoms with E-state index in [1.807, 2.05) is 11.0 Å². The van der Waals surface area contributed by atoms with Crippen LogP contribution >= 0.6 is 11.6 Å². The molecular weight excluding hydrogens is 463 g/mol. The molecule has 3 heterocycles. The largest absolute Gasteiger partial charge is 0.394 e. The SMILES string of the molecule is N#Cc1cc(F)c(Nc2cc(Nc3cc(N4CCOC[C@@H]4CO)ncn3)ncc2C=N)c(Cl)c1.